The van der Waals surface area contributed by atoms with Crippen LogP contribution in [0.1, 0.15) is 25.3 Å². The predicted octanol–water partition coefficient (Wildman–Crippen LogP) is 3.61. The summed E-state index contributed by atoms with van der Waals surface area (Å²) in [6.45, 7) is 3.65. The fourth-order valence-electron chi connectivity index (χ4n) is 3.33. The number of pyridine rings is 1. The van der Waals surface area contributed by atoms with Crippen LogP contribution in [-0.4, -0.2) is 30.5 Å². The van der Waals surface area contributed by atoms with Crippen molar-refractivity contribution in [3.8, 4) is 0 Å². The van der Waals surface area contributed by atoms with Gasteiger partial charge >= 0.3 is 6.18 Å². The van der Waals surface area contributed by atoms with Crippen LogP contribution < -0.4 is 10.2 Å². The number of nitrogens with zero attached hydrogens (tertiary/aromatic N) is 2. The van der Waals surface area contributed by atoms with E-state index in [0.29, 0.717) is 17.8 Å². The van der Waals surface area contributed by atoms with Gasteiger partial charge in [0.2, 0.25) is 5.91 Å². The maximum atomic E-state index is 13.2. The standard InChI is InChI=1S/C18H20F3N3O/c1-12(25)23-11-13-6-9-24(10-7-13)16-5-4-15(18(19,20)21)17-14(16)3-2-8-22-17/h2-5,8,13H,6-7,9-11H2,1H3,(H,23,25). The van der Waals surface area contributed by atoms with Gasteiger partial charge in [0.05, 0.1) is 11.1 Å². The highest BCUT2D eigenvalue weighted by Crippen LogP contribution is 2.38. The summed E-state index contributed by atoms with van der Waals surface area (Å²) in [5.74, 6) is 0.362. The van der Waals surface area contributed by atoms with E-state index in [1.807, 2.05) is 0 Å². The maximum Gasteiger partial charge on any atom is 0.418 e. The number of benzene rings is 1. The number of carbonyl (C=O) groups is 1. The number of nitrogens with one attached hydrogen (secondary N) is 1. The van der Waals surface area contributed by atoms with Crippen LogP contribution in [0.25, 0.3) is 10.9 Å². The summed E-state index contributed by atoms with van der Waals surface area (Å²) in [7, 11) is 0. The van der Waals surface area contributed by atoms with Crippen LogP contribution in [0.4, 0.5) is 18.9 Å². The molecule has 1 N–H and O–H groups in total. The molecule has 4 nitrogen and oxygen atoms in total. The smallest absolute Gasteiger partial charge is 0.371 e. The van der Waals surface area contributed by atoms with E-state index in [-0.39, 0.29) is 11.4 Å². The summed E-state index contributed by atoms with van der Waals surface area (Å²) in [6, 6.07) is 6.01. The molecule has 0 atom stereocenters. The molecule has 1 saturated heterocycles. The minimum atomic E-state index is -4.42. The highest BCUT2D eigenvalue weighted by molar-refractivity contribution is 5.94. The molecule has 2 aromatic rings. The highest BCUT2D eigenvalue weighted by atomic mass is 19.4. The van der Waals surface area contributed by atoms with Crippen LogP contribution in [0.2, 0.25) is 0 Å². The summed E-state index contributed by atoms with van der Waals surface area (Å²) in [5, 5.41) is 3.36. The van der Waals surface area contributed by atoms with E-state index >= 15 is 0 Å². The van der Waals surface area contributed by atoms with E-state index in [4.69, 9.17) is 0 Å². The van der Waals surface area contributed by atoms with Gasteiger partial charge in [-0.25, -0.2) is 0 Å². The number of anilines is 1. The van der Waals surface area contributed by atoms with Crippen molar-refractivity contribution < 1.29 is 18.0 Å². The molecule has 2 heterocycles. The van der Waals surface area contributed by atoms with Crippen molar-refractivity contribution >= 4 is 22.5 Å². The Labute approximate surface area is 144 Å². The van der Waals surface area contributed by atoms with Crippen molar-refractivity contribution in [1.82, 2.24) is 10.3 Å². The Morgan fingerprint density at radius 2 is 2.00 bits per heavy atom. The second-order valence-corrected chi connectivity index (χ2v) is 6.40. The molecule has 0 bridgehead atoms. The zero-order valence-corrected chi connectivity index (χ0v) is 13.9. The summed E-state index contributed by atoms with van der Waals surface area (Å²) in [5.41, 5.74) is 0.0781. The SMILES string of the molecule is CC(=O)NCC1CCN(c2ccc(C(F)(F)F)c3ncccc23)CC1. The Bertz CT molecular complexity index is 768. The van der Waals surface area contributed by atoms with Gasteiger partial charge in [0.1, 0.15) is 0 Å². The van der Waals surface area contributed by atoms with Gasteiger partial charge in [-0.1, -0.05) is 0 Å². The lowest BCUT2D eigenvalue weighted by atomic mass is 9.95. The molecule has 1 aliphatic heterocycles. The second-order valence-electron chi connectivity index (χ2n) is 6.40. The summed E-state index contributed by atoms with van der Waals surface area (Å²) < 4.78 is 39.6. The Hall–Kier alpha value is -2.31. The third-order valence-electron chi connectivity index (χ3n) is 4.65. The second kappa shape index (κ2) is 6.90. The van der Waals surface area contributed by atoms with Gasteiger partial charge in [-0.05, 0) is 43.0 Å². The van der Waals surface area contributed by atoms with Gasteiger partial charge in [-0.3, -0.25) is 9.78 Å². The molecule has 1 fully saturated rings. The molecule has 1 amide bonds. The van der Waals surface area contributed by atoms with E-state index in [0.717, 1.165) is 37.7 Å². The average Bonchev–Trinajstić information content (AvgIpc) is 2.58. The van der Waals surface area contributed by atoms with Crippen molar-refractivity contribution in [3.63, 3.8) is 0 Å². The Morgan fingerprint density at radius 1 is 1.28 bits per heavy atom. The molecular formula is C18H20F3N3O. The van der Waals surface area contributed by atoms with Gasteiger partial charge in [-0.15, -0.1) is 0 Å². The van der Waals surface area contributed by atoms with Crippen molar-refractivity contribution in [2.45, 2.75) is 25.9 Å². The number of carbonyl (C=O) groups excluding carboxylic acids is 1. The molecule has 3 rings (SSSR count). The minimum Gasteiger partial charge on any atom is -0.371 e. The maximum absolute atomic E-state index is 13.2. The van der Waals surface area contributed by atoms with Gasteiger partial charge < -0.3 is 10.2 Å². The van der Waals surface area contributed by atoms with Gasteiger partial charge in [0, 0.05) is 43.8 Å². The van der Waals surface area contributed by atoms with E-state index in [1.54, 1.807) is 18.2 Å². The van der Waals surface area contributed by atoms with E-state index in [1.165, 1.54) is 13.1 Å². The number of alkyl halides is 3. The van der Waals surface area contributed by atoms with E-state index < -0.39 is 11.7 Å². The topological polar surface area (TPSA) is 45.2 Å². The first-order valence-corrected chi connectivity index (χ1v) is 8.30. The molecule has 0 radical (unpaired) electrons. The molecule has 0 spiro atoms. The summed E-state index contributed by atoms with van der Waals surface area (Å²) in [6.07, 6.45) is -1.25. The molecule has 0 aliphatic carbocycles. The minimum absolute atomic E-state index is 0.00660. The number of aromatic nitrogens is 1. The quantitative estimate of drug-likeness (QED) is 0.919. The van der Waals surface area contributed by atoms with Crippen molar-refractivity contribution in [3.05, 3.63) is 36.0 Å². The van der Waals surface area contributed by atoms with Crippen LogP contribution in [-0.2, 0) is 11.0 Å². The highest BCUT2D eigenvalue weighted by Gasteiger charge is 2.34. The Morgan fingerprint density at radius 3 is 2.64 bits per heavy atom. The van der Waals surface area contributed by atoms with Crippen LogP contribution in [0.15, 0.2) is 30.5 Å². The molecule has 134 valence electrons. The van der Waals surface area contributed by atoms with Crippen LogP contribution in [0.3, 0.4) is 0 Å². The number of piperidine rings is 1. The number of rotatable bonds is 3. The first kappa shape index (κ1) is 17.5. The number of amides is 1. The molecule has 25 heavy (non-hydrogen) atoms. The van der Waals surface area contributed by atoms with Crippen LogP contribution >= 0.6 is 0 Å². The van der Waals surface area contributed by atoms with Gasteiger partial charge in [0.15, 0.2) is 0 Å². The summed E-state index contributed by atoms with van der Waals surface area (Å²) >= 11 is 0. The number of halogens is 3. The largest absolute Gasteiger partial charge is 0.418 e. The Balaban J connectivity index is 1.83. The summed E-state index contributed by atoms with van der Waals surface area (Å²) in [4.78, 5) is 17.1. The van der Waals surface area contributed by atoms with E-state index in [2.05, 4.69) is 15.2 Å². The first-order chi connectivity index (χ1) is 11.9. The molecular weight excluding hydrogens is 331 g/mol. The monoisotopic (exact) mass is 351 g/mol. The number of hydrogen-bond donors (Lipinski definition) is 1. The predicted molar refractivity (Wildman–Crippen MR) is 90.4 cm³/mol. The first-order valence-electron chi connectivity index (χ1n) is 8.30. The van der Waals surface area contributed by atoms with Crippen molar-refractivity contribution in [1.29, 1.82) is 0 Å². The van der Waals surface area contributed by atoms with Crippen molar-refractivity contribution in [2.75, 3.05) is 24.5 Å². The zero-order valence-electron chi connectivity index (χ0n) is 13.9. The lowest BCUT2D eigenvalue weighted by Crippen LogP contribution is -2.38. The van der Waals surface area contributed by atoms with E-state index in [9.17, 15) is 18.0 Å². The molecule has 1 aromatic carbocycles. The average molecular weight is 351 g/mol. The molecule has 0 saturated carbocycles. The molecule has 1 aromatic heterocycles. The van der Waals surface area contributed by atoms with Gasteiger partial charge in [0.25, 0.3) is 0 Å². The lowest BCUT2D eigenvalue weighted by Gasteiger charge is -2.34. The lowest BCUT2D eigenvalue weighted by molar-refractivity contribution is -0.136. The Kier molecular flexibility index (Phi) is 4.83. The third-order valence-corrected chi connectivity index (χ3v) is 4.65. The fourth-order valence-corrected chi connectivity index (χ4v) is 3.33. The molecule has 1 aliphatic rings. The fraction of sp³-hybridized carbons (Fsp3) is 0.444. The number of hydrogen-bond acceptors (Lipinski definition) is 3. The molecule has 7 heteroatoms. The van der Waals surface area contributed by atoms with Crippen LogP contribution in [0, 0.1) is 5.92 Å². The normalized spacial score (nSPS) is 16.2. The van der Waals surface area contributed by atoms with Crippen molar-refractivity contribution in [2.24, 2.45) is 5.92 Å². The zero-order chi connectivity index (χ0) is 18.0. The number of fused-ring (bicyclic) bond motifs is 1. The van der Waals surface area contributed by atoms with Crippen LogP contribution in [0.5, 0.6) is 0 Å². The molecule has 0 unspecified atom stereocenters. The van der Waals surface area contributed by atoms with Gasteiger partial charge in [-0.2, -0.15) is 13.2 Å². The third kappa shape index (κ3) is 3.86.